The average molecular weight is 279 g/mol. The Morgan fingerprint density at radius 3 is 2.53 bits per heavy atom. The highest BCUT2D eigenvalue weighted by Crippen LogP contribution is 2.21. The maximum absolute atomic E-state index is 13.4. The van der Waals surface area contributed by atoms with Crippen LogP contribution in [0.5, 0.6) is 5.75 Å². The van der Waals surface area contributed by atoms with Gasteiger partial charge < -0.3 is 4.74 Å². The SMILES string of the molecule is Cc1ccc(C(=O)COc2ccc(Cl)cc2F)cc1. The molecule has 0 fully saturated rings. The number of hydrogen-bond donors (Lipinski definition) is 0. The van der Waals surface area contributed by atoms with E-state index in [9.17, 15) is 9.18 Å². The zero-order valence-corrected chi connectivity index (χ0v) is 11.1. The predicted molar refractivity (Wildman–Crippen MR) is 72.4 cm³/mol. The third kappa shape index (κ3) is 3.55. The van der Waals surface area contributed by atoms with Crippen LogP contribution in [-0.2, 0) is 0 Å². The quantitative estimate of drug-likeness (QED) is 0.789. The van der Waals surface area contributed by atoms with Crippen molar-refractivity contribution in [2.24, 2.45) is 0 Å². The van der Waals surface area contributed by atoms with E-state index in [-0.39, 0.29) is 23.2 Å². The summed E-state index contributed by atoms with van der Waals surface area (Å²) >= 11 is 5.63. The Hall–Kier alpha value is -1.87. The molecule has 2 nitrogen and oxygen atoms in total. The van der Waals surface area contributed by atoms with E-state index >= 15 is 0 Å². The number of halogens is 2. The molecular formula is C15H12ClFO2. The van der Waals surface area contributed by atoms with Crippen LogP contribution < -0.4 is 4.74 Å². The molecular weight excluding hydrogens is 267 g/mol. The number of carbonyl (C=O) groups excluding carboxylic acids is 1. The van der Waals surface area contributed by atoms with E-state index in [4.69, 9.17) is 16.3 Å². The monoisotopic (exact) mass is 278 g/mol. The summed E-state index contributed by atoms with van der Waals surface area (Å²) in [6.07, 6.45) is 0. The fraction of sp³-hybridized carbons (Fsp3) is 0.133. The maximum atomic E-state index is 13.4. The van der Waals surface area contributed by atoms with E-state index < -0.39 is 5.82 Å². The maximum Gasteiger partial charge on any atom is 0.200 e. The Bertz CT molecular complexity index is 594. The number of hydrogen-bond acceptors (Lipinski definition) is 2. The van der Waals surface area contributed by atoms with Gasteiger partial charge >= 0.3 is 0 Å². The van der Waals surface area contributed by atoms with Crippen LogP contribution in [-0.4, -0.2) is 12.4 Å². The van der Waals surface area contributed by atoms with Gasteiger partial charge in [-0.15, -0.1) is 0 Å². The van der Waals surface area contributed by atoms with Crippen molar-refractivity contribution in [2.45, 2.75) is 6.92 Å². The fourth-order valence-electron chi connectivity index (χ4n) is 1.56. The minimum Gasteiger partial charge on any atom is -0.482 e. The fourth-order valence-corrected chi connectivity index (χ4v) is 1.72. The summed E-state index contributed by atoms with van der Waals surface area (Å²) in [6, 6.07) is 11.2. The molecule has 19 heavy (non-hydrogen) atoms. The first-order chi connectivity index (χ1) is 9.06. The molecule has 0 atom stereocenters. The van der Waals surface area contributed by atoms with Crippen LogP contribution in [0.4, 0.5) is 4.39 Å². The summed E-state index contributed by atoms with van der Waals surface area (Å²) in [5, 5.41) is 0.287. The lowest BCUT2D eigenvalue weighted by atomic mass is 10.1. The minimum absolute atomic E-state index is 0.0184. The summed E-state index contributed by atoms with van der Waals surface area (Å²) in [4.78, 5) is 11.8. The number of rotatable bonds is 4. The second-order valence-electron chi connectivity index (χ2n) is 4.15. The summed E-state index contributed by atoms with van der Waals surface area (Å²) in [7, 11) is 0. The number of Topliss-reactive ketones (excluding diaryl/α,β-unsaturated/α-hetero) is 1. The van der Waals surface area contributed by atoms with E-state index in [1.165, 1.54) is 12.1 Å². The van der Waals surface area contributed by atoms with Gasteiger partial charge in [0, 0.05) is 10.6 Å². The molecule has 0 N–H and O–H groups in total. The first-order valence-corrected chi connectivity index (χ1v) is 6.12. The summed E-state index contributed by atoms with van der Waals surface area (Å²) in [6.45, 7) is 1.73. The van der Waals surface area contributed by atoms with Gasteiger partial charge in [-0.1, -0.05) is 41.4 Å². The van der Waals surface area contributed by atoms with Crippen molar-refractivity contribution in [3.8, 4) is 5.75 Å². The van der Waals surface area contributed by atoms with Gasteiger partial charge in [-0.05, 0) is 25.1 Å². The molecule has 2 aromatic rings. The smallest absolute Gasteiger partial charge is 0.200 e. The largest absolute Gasteiger partial charge is 0.482 e. The number of ketones is 1. The topological polar surface area (TPSA) is 26.3 Å². The van der Waals surface area contributed by atoms with Gasteiger partial charge in [-0.2, -0.15) is 0 Å². The second-order valence-corrected chi connectivity index (χ2v) is 4.59. The predicted octanol–water partition coefficient (Wildman–Crippen LogP) is 4.05. The molecule has 2 rings (SSSR count). The highest BCUT2D eigenvalue weighted by atomic mass is 35.5. The Balaban J connectivity index is 2.02. The van der Waals surface area contributed by atoms with Gasteiger partial charge in [0.25, 0.3) is 0 Å². The molecule has 0 saturated carbocycles. The van der Waals surface area contributed by atoms with Crippen molar-refractivity contribution >= 4 is 17.4 Å². The number of benzene rings is 2. The van der Waals surface area contributed by atoms with Crippen LogP contribution >= 0.6 is 11.6 Å². The Morgan fingerprint density at radius 1 is 1.21 bits per heavy atom. The van der Waals surface area contributed by atoms with Gasteiger partial charge in [0.2, 0.25) is 0 Å². The third-order valence-corrected chi connectivity index (χ3v) is 2.86. The lowest BCUT2D eigenvalue weighted by Crippen LogP contribution is -2.12. The van der Waals surface area contributed by atoms with Crippen LogP contribution in [0.3, 0.4) is 0 Å². The second kappa shape index (κ2) is 5.85. The minimum atomic E-state index is -0.579. The normalized spacial score (nSPS) is 10.3. The van der Waals surface area contributed by atoms with Crippen molar-refractivity contribution in [3.63, 3.8) is 0 Å². The molecule has 0 aliphatic heterocycles. The van der Waals surface area contributed by atoms with E-state index in [1.54, 1.807) is 12.1 Å². The van der Waals surface area contributed by atoms with E-state index in [0.29, 0.717) is 5.56 Å². The lowest BCUT2D eigenvalue weighted by Gasteiger charge is -2.07. The van der Waals surface area contributed by atoms with Gasteiger partial charge in [-0.25, -0.2) is 4.39 Å². The van der Waals surface area contributed by atoms with Crippen LogP contribution in [0.1, 0.15) is 15.9 Å². The van der Waals surface area contributed by atoms with Gasteiger partial charge in [0.05, 0.1) is 0 Å². The molecule has 0 heterocycles. The van der Waals surface area contributed by atoms with Crippen molar-refractivity contribution in [3.05, 3.63) is 64.4 Å². The Labute approximate surface area is 115 Å². The van der Waals surface area contributed by atoms with Crippen molar-refractivity contribution in [1.29, 1.82) is 0 Å². The molecule has 2 aromatic carbocycles. The zero-order valence-electron chi connectivity index (χ0n) is 10.3. The highest BCUT2D eigenvalue weighted by Gasteiger charge is 2.09. The molecule has 0 aliphatic carbocycles. The number of ether oxygens (including phenoxy) is 1. The lowest BCUT2D eigenvalue weighted by molar-refractivity contribution is 0.0919. The highest BCUT2D eigenvalue weighted by molar-refractivity contribution is 6.30. The Kier molecular flexibility index (Phi) is 4.17. The van der Waals surface area contributed by atoms with E-state index in [0.717, 1.165) is 11.6 Å². The molecule has 0 amide bonds. The summed E-state index contributed by atoms with van der Waals surface area (Å²) < 4.78 is 18.6. The van der Waals surface area contributed by atoms with Gasteiger partial charge in [0.1, 0.15) is 0 Å². The number of carbonyl (C=O) groups is 1. The summed E-state index contributed by atoms with van der Waals surface area (Å²) in [5.74, 6) is -0.761. The van der Waals surface area contributed by atoms with Crippen molar-refractivity contribution in [2.75, 3.05) is 6.61 Å². The Morgan fingerprint density at radius 2 is 1.89 bits per heavy atom. The molecule has 0 aromatic heterocycles. The molecule has 0 saturated heterocycles. The molecule has 98 valence electrons. The first-order valence-electron chi connectivity index (χ1n) is 5.74. The molecule has 0 spiro atoms. The standard InChI is InChI=1S/C15H12ClFO2/c1-10-2-4-11(5-3-10)14(18)9-19-15-7-6-12(16)8-13(15)17/h2-8H,9H2,1H3. The third-order valence-electron chi connectivity index (χ3n) is 2.63. The van der Waals surface area contributed by atoms with Crippen molar-refractivity contribution < 1.29 is 13.9 Å². The van der Waals surface area contributed by atoms with E-state index in [1.807, 2.05) is 19.1 Å². The zero-order chi connectivity index (χ0) is 13.8. The van der Waals surface area contributed by atoms with Crippen LogP contribution in [0.2, 0.25) is 5.02 Å². The first kappa shape index (κ1) is 13.6. The molecule has 4 heteroatoms. The van der Waals surface area contributed by atoms with Gasteiger partial charge in [-0.3, -0.25) is 4.79 Å². The summed E-state index contributed by atoms with van der Waals surface area (Å²) in [5.41, 5.74) is 1.61. The van der Waals surface area contributed by atoms with Gasteiger partial charge in [0.15, 0.2) is 24.0 Å². The van der Waals surface area contributed by atoms with Crippen LogP contribution in [0, 0.1) is 12.7 Å². The molecule has 0 aliphatic rings. The average Bonchev–Trinajstić information content (AvgIpc) is 2.38. The van der Waals surface area contributed by atoms with Crippen molar-refractivity contribution in [1.82, 2.24) is 0 Å². The number of aryl methyl sites for hydroxylation is 1. The molecule has 0 bridgehead atoms. The van der Waals surface area contributed by atoms with Crippen LogP contribution in [0.15, 0.2) is 42.5 Å². The van der Waals surface area contributed by atoms with E-state index in [2.05, 4.69) is 0 Å². The molecule has 0 unspecified atom stereocenters. The van der Waals surface area contributed by atoms with Crippen LogP contribution in [0.25, 0.3) is 0 Å². The molecule has 0 radical (unpaired) electrons.